The maximum atomic E-state index is 14.8. The lowest BCUT2D eigenvalue weighted by Gasteiger charge is -2.19. The Hall–Kier alpha value is -5.05. The van der Waals surface area contributed by atoms with Crippen molar-refractivity contribution in [3.8, 4) is 27.9 Å². The van der Waals surface area contributed by atoms with Gasteiger partial charge in [0.2, 0.25) is 0 Å². The predicted molar refractivity (Wildman–Crippen MR) is 183 cm³/mol. The molecule has 0 spiro atoms. The van der Waals surface area contributed by atoms with Gasteiger partial charge in [-0.2, -0.15) is 0 Å². The summed E-state index contributed by atoms with van der Waals surface area (Å²) in [4.78, 5) is 25.9. The molecule has 6 aromatic rings. The van der Waals surface area contributed by atoms with Gasteiger partial charge in [-0.05, 0) is 80.1 Å². The molecular formula is C39H37FN2O5. The van der Waals surface area contributed by atoms with Crippen molar-refractivity contribution < 1.29 is 24.5 Å². The summed E-state index contributed by atoms with van der Waals surface area (Å²) >= 11 is 0. The molecule has 0 saturated carbocycles. The third-order valence-electron chi connectivity index (χ3n) is 8.68. The molecule has 47 heavy (non-hydrogen) atoms. The molecule has 240 valence electrons. The van der Waals surface area contributed by atoms with Crippen LogP contribution in [0.3, 0.4) is 0 Å². The Bertz CT molecular complexity index is 2100. The monoisotopic (exact) mass is 632 g/mol. The van der Waals surface area contributed by atoms with Crippen molar-refractivity contribution in [2.75, 3.05) is 0 Å². The van der Waals surface area contributed by atoms with Crippen LogP contribution in [0.5, 0.6) is 0 Å². The number of carboxylic acids is 1. The topological polar surface area (TPSA) is 105 Å². The second kappa shape index (κ2) is 13.4. The SMILES string of the molecule is CC(C)n1c(CCC(O)CC(O)CC(=O)O)c(-c2ccc(F)cc2)c2c3ccccc3n(-c3ccc(-c4ccccc4)cc3)c(=O)c21. The number of hydrogen-bond donors (Lipinski definition) is 3. The number of para-hydroxylation sites is 1. The van der Waals surface area contributed by atoms with Crippen LogP contribution in [0.15, 0.2) is 108 Å². The Labute approximate surface area is 271 Å². The first-order chi connectivity index (χ1) is 22.6. The van der Waals surface area contributed by atoms with Crippen LogP contribution in [0.1, 0.15) is 44.8 Å². The molecule has 2 heterocycles. The number of carboxylic acid groups (broad SMARTS) is 1. The van der Waals surface area contributed by atoms with Crippen molar-refractivity contribution in [2.45, 2.75) is 57.8 Å². The van der Waals surface area contributed by atoms with Gasteiger partial charge in [0.05, 0.1) is 24.1 Å². The van der Waals surface area contributed by atoms with Crippen molar-refractivity contribution >= 4 is 27.8 Å². The van der Waals surface area contributed by atoms with E-state index in [-0.39, 0.29) is 30.3 Å². The Morgan fingerprint density at radius 1 is 0.787 bits per heavy atom. The highest BCUT2D eigenvalue weighted by molar-refractivity contribution is 6.14. The highest BCUT2D eigenvalue weighted by Gasteiger charge is 2.27. The average molecular weight is 633 g/mol. The summed E-state index contributed by atoms with van der Waals surface area (Å²) in [6.45, 7) is 4.00. The number of aliphatic carboxylic acids is 1. The summed E-state index contributed by atoms with van der Waals surface area (Å²) in [7, 11) is 0. The number of carbonyl (C=O) groups is 1. The molecule has 2 unspecified atom stereocenters. The Morgan fingerprint density at radius 3 is 2.06 bits per heavy atom. The molecule has 0 saturated heterocycles. The Morgan fingerprint density at radius 2 is 1.40 bits per heavy atom. The number of aromatic nitrogens is 2. The number of hydrogen-bond acceptors (Lipinski definition) is 4. The van der Waals surface area contributed by atoms with Crippen LogP contribution in [0.4, 0.5) is 4.39 Å². The predicted octanol–water partition coefficient (Wildman–Crippen LogP) is 7.52. The summed E-state index contributed by atoms with van der Waals surface area (Å²) in [5.41, 5.74) is 6.17. The molecule has 3 N–H and O–H groups in total. The Kier molecular flexibility index (Phi) is 9.07. The zero-order valence-electron chi connectivity index (χ0n) is 26.3. The van der Waals surface area contributed by atoms with Crippen molar-refractivity contribution in [1.29, 1.82) is 0 Å². The summed E-state index contributed by atoms with van der Waals surface area (Å²) < 4.78 is 17.9. The van der Waals surface area contributed by atoms with Crippen LogP contribution >= 0.6 is 0 Å². The van der Waals surface area contributed by atoms with Crippen molar-refractivity contribution in [2.24, 2.45) is 0 Å². The molecule has 8 heteroatoms. The Balaban J connectivity index is 1.58. The van der Waals surface area contributed by atoms with Crippen LogP contribution in [0, 0.1) is 5.82 Å². The number of fused-ring (bicyclic) bond motifs is 3. The van der Waals surface area contributed by atoms with Gasteiger partial charge in [0, 0.05) is 33.8 Å². The molecule has 4 aromatic carbocycles. The highest BCUT2D eigenvalue weighted by Crippen LogP contribution is 2.41. The minimum atomic E-state index is -1.18. The fourth-order valence-corrected chi connectivity index (χ4v) is 6.66. The second-order valence-electron chi connectivity index (χ2n) is 12.3. The van der Waals surface area contributed by atoms with Gasteiger partial charge in [-0.25, -0.2) is 4.39 Å². The van der Waals surface area contributed by atoms with Crippen LogP contribution in [0.2, 0.25) is 0 Å². The minimum Gasteiger partial charge on any atom is -0.481 e. The van der Waals surface area contributed by atoms with E-state index in [0.717, 1.165) is 49.9 Å². The van der Waals surface area contributed by atoms with Gasteiger partial charge >= 0.3 is 5.97 Å². The lowest BCUT2D eigenvalue weighted by Crippen LogP contribution is -2.23. The largest absolute Gasteiger partial charge is 0.481 e. The number of halogens is 1. The van der Waals surface area contributed by atoms with Gasteiger partial charge in [0.15, 0.2) is 0 Å². The first kappa shape index (κ1) is 31.9. The van der Waals surface area contributed by atoms with E-state index >= 15 is 0 Å². The molecular weight excluding hydrogens is 595 g/mol. The third kappa shape index (κ3) is 6.35. The minimum absolute atomic E-state index is 0.0885. The van der Waals surface area contributed by atoms with E-state index in [1.54, 1.807) is 16.7 Å². The van der Waals surface area contributed by atoms with Crippen LogP contribution in [-0.4, -0.2) is 42.6 Å². The van der Waals surface area contributed by atoms with Gasteiger partial charge in [0.25, 0.3) is 5.56 Å². The molecule has 2 aromatic heterocycles. The standard InChI is InChI=1S/C39H37FN2O5/c1-24(2)41-34(21-20-30(43)22-31(44)23-35(45)46)36(27-12-16-28(40)17-13-27)37-32-10-6-7-11-33(32)42(39(47)38(37)41)29-18-14-26(15-19-29)25-8-4-3-5-9-25/h3-19,24,30-31,43-44H,20-23H2,1-2H3,(H,45,46). The van der Waals surface area contributed by atoms with Gasteiger partial charge in [-0.15, -0.1) is 0 Å². The summed E-state index contributed by atoms with van der Waals surface area (Å²) in [5, 5.41) is 31.6. The molecule has 0 aliphatic rings. The fourth-order valence-electron chi connectivity index (χ4n) is 6.66. The lowest BCUT2D eigenvalue weighted by atomic mass is 9.96. The van der Waals surface area contributed by atoms with Gasteiger partial charge < -0.3 is 19.9 Å². The molecule has 0 fully saturated rings. The smallest absolute Gasteiger partial charge is 0.305 e. The second-order valence-corrected chi connectivity index (χ2v) is 12.3. The van der Waals surface area contributed by atoms with Crippen molar-refractivity contribution in [1.82, 2.24) is 9.13 Å². The van der Waals surface area contributed by atoms with Gasteiger partial charge in [-0.1, -0.05) is 72.8 Å². The third-order valence-corrected chi connectivity index (χ3v) is 8.68. The maximum absolute atomic E-state index is 14.8. The first-order valence-electron chi connectivity index (χ1n) is 15.8. The van der Waals surface area contributed by atoms with Crippen molar-refractivity contribution in [3.63, 3.8) is 0 Å². The molecule has 6 rings (SSSR count). The molecule has 2 atom stereocenters. The zero-order valence-corrected chi connectivity index (χ0v) is 26.3. The van der Waals surface area contributed by atoms with Crippen LogP contribution in [0.25, 0.3) is 49.7 Å². The lowest BCUT2D eigenvalue weighted by molar-refractivity contribution is -0.139. The molecule has 0 radical (unpaired) electrons. The van der Waals surface area contributed by atoms with Crippen LogP contribution < -0.4 is 5.56 Å². The van der Waals surface area contributed by atoms with E-state index in [1.165, 1.54) is 12.1 Å². The normalized spacial score (nSPS) is 13.0. The number of nitrogens with zero attached hydrogens (tertiary/aromatic N) is 2. The molecule has 0 bridgehead atoms. The van der Waals surface area contributed by atoms with E-state index < -0.39 is 24.6 Å². The fraction of sp³-hybridized carbons (Fsp3) is 0.231. The summed E-state index contributed by atoms with van der Waals surface area (Å²) in [6, 6.07) is 31.7. The van der Waals surface area contributed by atoms with Crippen molar-refractivity contribution in [3.05, 3.63) is 125 Å². The van der Waals surface area contributed by atoms with Gasteiger partial charge in [-0.3, -0.25) is 14.2 Å². The molecule has 7 nitrogen and oxygen atoms in total. The molecule has 0 aliphatic heterocycles. The van der Waals surface area contributed by atoms with E-state index in [2.05, 4.69) is 0 Å². The van der Waals surface area contributed by atoms with Crippen LogP contribution in [-0.2, 0) is 11.2 Å². The highest BCUT2D eigenvalue weighted by atomic mass is 19.1. The van der Waals surface area contributed by atoms with E-state index in [0.29, 0.717) is 11.9 Å². The van der Waals surface area contributed by atoms with Gasteiger partial charge in [0.1, 0.15) is 11.3 Å². The molecule has 0 aliphatic carbocycles. The number of pyridine rings is 1. The first-order valence-corrected chi connectivity index (χ1v) is 15.8. The van der Waals surface area contributed by atoms with E-state index in [9.17, 15) is 24.2 Å². The number of aliphatic hydroxyl groups is 2. The summed E-state index contributed by atoms with van der Waals surface area (Å²) in [5.74, 6) is -1.52. The number of aliphatic hydroxyl groups excluding tert-OH is 2. The number of rotatable bonds is 11. The quantitative estimate of drug-likeness (QED) is 0.137. The van der Waals surface area contributed by atoms with E-state index in [4.69, 9.17) is 5.11 Å². The number of benzene rings is 4. The van der Waals surface area contributed by atoms with E-state index in [1.807, 2.05) is 97.3 Å². The average Bonchev–Trinajstić information content (AvgIpc) is 3.40. The molecule has 0 amide bonds. The maximum Gasteiger partial charge on any atom is 0.305 e. The zero-order chi connectivity index (χ0) is 33.2. The summed E-state index contributed by atoms with van der Waals surface area (Å²) in [6.07, 6.45) is -2.14.